The zero-order chi connectivity index (χ0) is 25.8. The van der Waals surface area contributed by atoms with Crippen LogP contribution in [0.25, 0.3) is 16.0 Å². The van der Waals surface area contributed by atoms with E-state index in [-0.39, 0.29) is 16.4 Å². The van der Waals surface area contributed by atoms with Crippen molar-refractivity contribution in [1.29, 1.82) is 0 Å². The molecule has 0 unspecified atom stereocenters. The predicted octanol–water partition coefficient (Wildman–Crippen LogP) is 6.31. The Balaban J connectivity index is 1.55. The van der Waals surface area contributed by atoms with E-state index in [1.54, 1.807) is 36.4 Å². The summed E-state index contributed by atoms with van der Waals surface area (Å²) in [5.41, 5.74) is 2.47. The smallest absolute Gasteiger partial charge is 0.301 e. The third kappa shape index (κ3) is 4.01. The van der Waals surface area contributed by atoms with E-state index in [0.717, 1.165) is 10.3 Å². The number of amides is 1. The molecule has 0 bridgehead atoms. The molecule has 0 spiro atoms. The standard InChI is InChI=1S/C27H18Cl2N2O5S/c1-13-2-6-18-21(10-13)37-27(30-18)31-23(14-3-5-16(28)17(29)11-14)22(25(33)26(31)34)24(32)15-4-7-19-20(12-15)36-9-8-35-19/h2-7,10-12,23,32H,8-9H2,1H3/t23-/m0/s1. The summed E-state index contributed by atoms with van der Waals surface area (Å²) in [6.45, 7) is 2.75. The van der Waals surface area contributed by atoms with Gasteiger partial charge in [0.05, 0.1) is 31.9 Å². The summed E-state index contributed by atoms with van der Waals surface area (Å²) in [7, 11) is 0. The number of Topliss-reactive ketones (excluding diaryl/α,β-unsaturated/α-hetero) is 1. The van der Waals surface area contributed by atoms with Crippen LogP contribution in [-0.4, -0.2) is 35.0 Å². The number of anilines is 1. The number of benzene rings is 3. The van der Waals surface area contributed by atoms with Crippen molar-refractivity contribution in [2.45, 2.75) is 13.0 Å². The average Bonchev–Trinajstić information content (AvgIpc) is 3.42. The zero-order valence-corrected chi connectivity index (χ0v) is 21.7. The van der Waals surface area contributed by atoms with Gasteiger partial charge in [0.1, 0.15) is 19.0 Å². The number of halogens is 2. The number of carbonyl (C=O) groups excluding carboxylic acids is 2. The summed E-state index contributed by atoms with van der Waals surface area (Å²) < 4.78 is 12.1. The number of ketones is 1. The van der Waals surface area contributed by atoms with Gasteiger partial charge in [-0.15, -0.1) is 0 Å². The Kier molecular flexibility index (Phi) is 5.82. The molecule has 2 aliphatic heterocycles. The topological polar surface area (TPSA) is 89.0 Å². The second-order valence-electron chi connectivity index (χ2n) is 8.67. The van der Waals surface area contributed by atoms with Crippen LogP contribution in [0, 0.1) is 6.92 Å². The number of aliphatic hydroxyl groups is 1. The van der Waals surface area contributed by atoms with Crippen LogP contribution in [0.4, 0.5) is 5.13 Å². The molecule has 1 aromatic heterocycles. The van der Waals surface area contributed by atoms with Crippen LogP contribution in [0.5, 0.6) is 11.5 Å². The molecule has 10 heteroatoms. The van der Waals surface area contributed by atoms with Crippen LogP contribution >= 0.6 is 34.5 Å². The molecule has 0 saturated carbocycles. The van der Waals surface area contributed by atoms with E-state index in [4.69, 9.17) is 32.7 Å². The van der Waals surface area contributed by atoms with Crippen molar-refractivity contribution in [2.24, 2.45) is 0 Å². The number of ether oxygens (including phenoxy) is 2. The molecule has 3 aromatic carbocycles. The van der Waals surface area contributed by atoms with Gasteiger partial charge in [-0.2, -0.15) is 0 Å². The maximum atomic E-state index is 13.5. The van der Waals surface area contributed by atoms with E-state index in [9.17, 15) is 14.7 Å². The minimum Gasteiger partial charge on any atom is -0.507 e. The van der Waals surface area contributed by atoms with Gasteiger partial charge in [0.2, 0.25) is 0 Å². The van der Waals surface area contributed by atoms with Gasteiger partial charge < -0.3 is 14.6 Å². The maximum absolute atomic E-state index is 13.5. The normalized spacial score (nSPS) is 18.6. The third-order valence-electron chi connectivity index (χ3n) is 6.26. The van der Waals surface area contributed by atoms with E-state index in [2.05, 4.69) is 4.98 Å². The van der Waals surface area contributed by atoms with Gasteiger partial charge in [-0.25, -0.2) is 4.98 Å². The highest BCUT2D eigenvalue weighted by Crippen LogP contribution is 2.46. The summed E-state index contributed by atoms with van der Waals surface area (Å²) in [6, 6.07) is 14.5. The molecule has 2 aliphatic rings. The van der Waals surface area contributed by atoms with Gasteiger partial charge in [0.15, 0.2) is 16.6 Å². The highest BCUT2D eigenvalue weighted by atomic mass is 35.5. The van der Waals surface area contributed by atoms with Gasteiger partial charge in [0.25, 0.3) is 5.78 Å². The van der Waals surface area contributed by atoms with Gasteiger partial charge in [-0.05, 0) is 60.5 Å². The maximum Gasteiger partial charge on any atom is 0.301 e. The lowest BCUT2D eigenvalue weighted by molar-refractivity contribution is -0.132. The molecule has 1 atom stereocenters. The number of aromatic nitrogens is 1. The van der Waals surface area contributed by atoms with Crippen LogP contribution in [0.1, 0.15) is 22.7 Å². The number of aliphatic hydroxyl groups excluding tert-OH is 1. The third-order valence-corrected chi connectivity index (χ3v) is 8.01. The summed E-state index contributed by atoms with van der Waals surface area (Å²) >= 11 is 13.8. The Morgan fingerprint density at radius 1 is 1.00 bits per heavy atom. The molecular formula is C27H18Cl2N2O5S. The number of aryl methyl sites for hydroxylation is 1. The molecule has 6 rings (SSSR count). The Labute approximate surface area is 225 Å². The molecule has 1 N–H and O–H groups in total. The Morgan fingerprint density at radius 3 is 2.57 bits per heavy atom. The number of carbonyl (C=O) groups is 2. The number of rotatable bonds is 3. The average molecular weight is 553 g/mol. The van der Waals surface area contributed by atoms with Gasteiger partial charge in [-0.3, -0.25) is 14.5 Å². The van der Waals surface area contributed by atoms with E-state index in [1.807, 2.05) is 25.1 Å². The lowest BCUT2D eigenvalue weighted by Gasteiger charge is -2.23. The van der Waals surface area contributed by atoms with Crippen molar-refractivity contribution in [3.05, 3.63) is 86.9 Å². The molecule has 0 aliphatic carbocycles. The fourth-order valence-corrected chi connectivity index (χ4v) is 5.89. The molecule has 1 amide bonds. The lowest BCUT2D eigenvalue weighted by Crippen LogP contribution is -2.29. The molecular weight excluding hydrogens is 535 g/mol. The van der Waals surface area contributed by atoms with Crippen LogP contribution in [0.3, 0.4) is 0 Å². The molecule has 7 nitrogen and oxygen atoms in total. The Morgan fingerprint density at radius 2 is 1.78 bits per heavy atom. The van der Waals surface area contributed by atoms with Gasteiger partial charge >= 0.3 is 5.91 Å². The van der Waals surface area contributed by atoms with E-state index >= 15 is 0 Å². The second kappa shape index (κ2) is 9.06. The minimum absolute atomic E-state index is 0.0875. The largest absolute Gasteiger partial charge is 0.507 e. The first kappa shape index (κ1) is 23.8. The summed E-state index contributed by atoms with van der Waals surface area (Å²) in [5, 5.41) is 12.3. The number of hydrogen-bond donors (Lipinski definition) is 1. The van der Waals surface area contributed by atoms with Crippen molar-refractivity contribution >= 4 is 67.3 Å². The van der Waals surface area contributed by atoms with Crippen LogP contribution < -0.4 is 14.4 Å². The van der Waals surface area contributed by atoms with Crippen molar-refractivity contribution in [1.82, 2.24) is 4.98 Å². The number of hydrogen-bond acceptors (Lipinski definition) is 7. The lowest BCUT2D eigenvalue weighted by atomic mass is 9.95. The van der Waals surface area contributed by atoms with Crippen LogP contribution in [-0.2, 0) is 9.59 Å². The SMILES string of the molecule is Cc1ccc2nc(N3C(=O)C(=O)C(=C(O)c4ccc5c(c4)OCCO5)[C@@H]3c3ccc(Cl)c(Cl)c3)sc2c1. The Hall–Kier alpha value is -3.59. The monoisotopic (exact) mass is 552 g/mol. The molecule has 1 saturated heterocycles. The predicted molar refractivity (Wildman–Crippen MR) is 143 cm³/mol. The molecule has 0 radical (unpaired) electrons. The van der Waals surface area contributed by atoms with E-state index in [1.165, 1.54) is 16.2 Å². The first-order chi connectivity index (χ1) is 17.8. The zero-order valence-electron chi connectivity index (χ0n) is 19.3. The van der Waals surface area contributed by atoms with Crippen molar-refractivity contribution in [3.8, 4) is 11.5 Å². The summed E-state index contributed by atoms with van der Waals surface area (Å²) in [5.74, 6) is -0.998. The molecule has 37 heavy (non-hydrogen) atoms. The summed E-state index contributed by atoms with van der Waals surface area (Å²) in [6.07, 6.45) is 0. The van der Waals surface area contributed by atoms with Gasteiger partial charge in [-0.1, -0.05) is 46.7 Å². The highest BCUT2D eigenvalue weighted by molar-refractivity contribution is 7.22. The Bertz CT molecular complexity index is 1650. The number of nitrogens with zero attached hydrogens (tertiary/aromatic N) is 2. The minimum atomic E-state index is -0.982. The van der Waals surface area contributed by atoms with Crippen molar-refractivity contribution in [2.75, 3.05) is 18.1 Å². The fourth-order valence-electron chi connectivity index (χ4n) is 4.50. The van der Waals surface area contributed by atoms with Crippen LogP contribution in [0.2, 0.25) is 10.0 Å². The second-order valence-corrected chi connectivity index (χ2v) is 10.5. The number of fused-ring (bicyclic) bond motifs is 2. The summed E-state index contributed by atoms with van der Waals surface area (Å²) in [4.78, 5) is 32.9. The van der Waals surface area contributed by atoms with Crippen LogP contribution in [0.15, 0.2) is 60.2 Å². The van der Waals surface area contributed by atoms with Crippen molar-refractivity contribution < 1.29 is 24.2 Å². The first-order valence-electron chi connectivity index (χ1n) is 11.3. The van der Waals surface area contributed by atoms with E-state index < -0.39 is 17.7 Å². The molecule has 186 valence electrons. The fraction of sp³-hybridized carbons (Fsp3) is 0.148. The number of thiazole rings is 1. The first-order valence-corrected chi connectivity index (χ1v) is 12.9. The molecule has 1 fully saturated rings. The quantitative estimate of drug-likeness (QED) is 0.182. The highest BCUT2D eigenvalue weighted by Gasteiger charge is 2.48. The van der Waals surface area contributed by atoms with E-state index in [0.29, 0.717) is 51.5 Å². The van der Waals surface area contributed by atoms with Crippen molar-refractivity contribution in [3.63, 3.8) is 0 Å². The molecule has 4 aromatic rings. The molecule has 3 heterocycles. The van der Waals surface area contributed by atoms with Gasteiger partial charge in [0, 0.05) is 5.56 Å².